The van der Waals surface area contributed by atoms with Gasteiger partial charge in [0.2, 0.25) is 0 Å². The normalized spacial score (nSPS) is 14.4. The van der Waals surface area contributed by atoms with Crippen LogP contribution in [0.3, 0.4) is 0 Å². The van der Waals surface area contributed by atoms with Crippen LogP contribution in [0.15, 0.2) is 35.7 Å². The number of hydrogen-bond donors (Lipinski definition) is 1. The standard InChI is InChI=1S/C15H18FNS/c1-10-7-8-18-15(10)12(3)17-11(2)13-5-4-6-14(16)9-13/h4-9,11-12,17H,1-3H3/t11-,12?/m0/s1. The van der Waals surface area contributed by atoms with E-state index in [0.717, 1.165) is 5.56 Å². The lowest BCUT2D eigenvalue weighted by atomic mass is 10.1. The molecular weight excluding hydrogens is 245 g/mol. The van der Waals surface area contributed by atoms with Crippen molar-refractivity contribution < 1.29 is 4.39 Å². The maximum Gasteiger partial charge on any atom is 0.123 e. The van der Waals surface area contributed by atoms with Crippen molar-refractivity contribution in [3.8, 4) is 0 Å². The SMILES string of the molecule is Cc1ccsc1C(C)N[C@@H](C)c1cccc(F)c1. The average molecular weight is 263 g/mol. The van der Waals surface area contributed by atoms with Gasteiger partial charge in [0.25, 0.3) is 0 Å². The van der Waals surface area contributed by atoms with Gasteiger partial charge in [0, 0.05) is 17.0 Å². The van der Waals surface area contributed by atoms with Gasteiger partial charge in [-0.15, -0.1) is 11.3 Å². The van der Waals surface area contributed by atoms with E-state index < -0.39 is 0 Å². The average Bonchev–Trinajstić information content (AvgIpc) is 2.75. The Balaban J connectivity index is 2.08. The van der Waals surface area contributed by atoms with Crippen molar-refractivity contribution in [2.45, 2.75) is 32.9 Å². The molecule has 0 saturated heterocycles. The van der Waals surface area contributed by atoms with Crippen molar-refractivity contribution in [3.63, 3.8) is 0 Å². The van der Waals surface area contributed by atoms with Gasteiger partial charge in [-0.3, -0.25) is 0 Å². The summed E-state index contributed by atoms with van der Waals surface area (Å²) in [5, 5.41) is 5.62. The quantitative estimate of drug-likeness (QED) is 0.849. The summed E-state index contributed by atoms with van der Waals surface area (Å²) in [7, 11) is 0. The van der Waals surface area contributed by atoms with Crippen molar-refractivity contribution in [3.05, 3.63) is 57.5 Å². The molecule has 1 unspecified atom stereocenters. The molecule has 2 atom stereocenters. The molecular formula is C15H18FNS. The van der Waals surface area contributed by atoms with Crippen molar-refractivity contribution in [1.82, 2.24) is 5.32 Å². The molecule has 1 N–H and O–H groups in total. The number of rotatable bonds is 4. The van der Waals surface area contributed by atoms with E-state index in [1.54, 1.807) is 23.5 Å². The number of hydrogen-bond acceptors (Lipinski definition) is 2. The molecule has 0 fully saturated rings. The first-order valence-corrected chi connectivity index (χ1v) is 7.01. The minimum atomic E-state index is -0.180. The summed E-state index contributed by atoms with van der Waals surface area (Å²) in [6, 6.07) is 9.32. The van der Waals surface area contributed by atoms with Crippen LogP contribution in [0.2, 0.25) is 0 Å². The summed E-state index contributed by atoms with van der Waals surface area (Å²) in [6.45, 7) is 6.33. The zero-order valence-electron chi connectivity index (χ0n) is 10.9. The molecule has 2 aromatic rings. The van der Waals surface area contributed by atoms with E-state index in [0.29, 0.717) is 0 Å². The minimum Gasteiger partial charge on any atom is -0.303 e. The Morgan fingerprint density at radius 3 is 2.56 bits per heavy atom. The summed E-state index contributed by atoms with van der Waals surface area (Å²) in [5.41, 5.74) is 2.29. The number of nitrogens with one attached hydrogen (secondary N) is 1. The van der Waals surface area contributed by atoms with Gasteiger partial charge < -0.3 is 5.32 Å². The highest BCUT2D eigenvalue weighted by molar-refractivity contribution is 7.10. The molecule has 18 heavy (non-hydrogen) atoms. The zero-order valence-corrected chi connectivity index (χ0v) is 11.7. The highest BCUT2D eigenvalue weighted by atomic mass is 32.1. The molecule has 0 aliphatic rings. The maximum absolute atomic E-state index is 13.2. The fourth-order valence-electron chi connectivity index (χ4n) is 2.15. The van der Waals surface area contributed by atoms with E-state index in [1.807, 2.05) is 6.07 Å². The van der Waals surface area contributed by atoms with Crippen LogP contribution in [0.25, 0.3) is 0 Å². The fraction of sp³-hybridized carbons (Fsp3) is 0.333. The molecule has 0 amide bonds. The monoisotopic (exact) mass is 263 g/mol. The Labute approximate surface area is 112 Å². The van der Waals surface area contributed by atoms with Crippen LogP contribution in [0.5, 0.6) is 0 Å². The first-order valence-electron chi connectivity index (χ1n) is 6.13. The van der Waals surface area contributed by atoms with Gasteiger partial charge in [-0.25, -0.2) is 4.39 Å². The Morgan fingerprint density at radius 1 is 1.17 bits per heavy atom. The lowest BCUT2D eigenvalue weighted by Crippen LogP contribution is -2.22. The summed E-state index contributed by atoms with van der Waals surface area (Å²) >= 11 is 1.76. The molecule has 1 aromatic carbocycles. The second kappa shape index (κ2) is 5.63. The number of halogens is 1. The molecule has 96 valence electrons. The maximum atomic E-state index is 13.2. The van der Waals surface area contributed by atoms with Gasteiger partial charge in [-0.05, 0) is 55.5 Å². The van der Waals surface area contributed by atoms with Crippen LogP contribution in [0.1, 0.15) is 41.9 Å². The lowest BCUT2D eigenvalue weighted by Gasteiger charge is -2.20. The molecule has 1 nitrogen and oxygen atoms in total. The molecule has 1 aromatic heterocycles. The third kappa shape index (κ3) is 2.98. The second-order valence-corrected chi connectivity index (χ2v) is 5.58. The third-order valence-corrected chi connectivity index (χ3v) is 4.35. The van der Waals surface area contributed by atoms with Crippen LogP contribution >= 0.6 is 11.3 Å². The summed E-state index contributed by atoms with van der Waals surface area (Å²) in [6.07, 6.45) is 0. The van der Waals surface area contributed by atoms with E-state index >= 15 is 0 Å². The van der Waals surface area contributed by atoms with Crippen LogP contribution in [0.4, 0.5) is 4.39 Å². The molecule has 0 spiro atoms. The summed E-state index contributed by atoms with van der Waals surface area (Å²) < 4.78 is 13.2. The fourth-order valence-corrected chi connectivity index (χ4v) is 3.10. The Bertz CT molecular complexity index is 521. The van der Waals surface area contributed by atoms with Crippen molar-refractivity contribution in [2.75, 3.05) is 0 Å². The Kier molecular flexibility index (Phi) is 4.15. The lowest BCUT2D eigenvalue weighted by molar-refractivity contribution is 0.496. The van der Waals surface area contributed by atoms with Crippen LogP contribution in [-0.2, 0) is 0 Å². The van der Waals surface area contributed by atoms with E-state index in [9.17, 15) is 4.39 Å². The first-order chi connectivity index (χ1) is 8.58. The number of benzene rings is 1. The zero-order chi connectivity index (χ0) is 13.1. The summed E-state index contributed by atoms with van der Waals surface area (Å²) in [5.74, 6) is -0.180. The molecule has 0 radical (unpaired) electrons. The van der Waals surface area contributed by atoms with Crippen LogP contribution in [-0.4, -0.2) is 0 Å². The molecule has 3 heteroatoms. The minimum absolute atomic E-state index is 0.136. The smallest absolute Gasteiger partial charge is 0.123 e. The van der Waals surface area contributed by atoms with Crippen molar-refractivity contribution in [1.29, 1.82) is 0 Å². The molecule has 1 heterocycles. The van der Waals surface area contributed by atoms with Gasteiger partial charge in [-0.2, -0.15) is 0 Å². The highest BCUT2D eigenvalue weighted by Crippen LogP contribution is 2.26. The predicted molar refractivity (Wildman–Crippen MR) is 75.4 cm³/mol. The highest BCUT2D eigenvalue weighted by Gasteiger charge is 2.14. The topological polar surface area (TPSA) is 12.0 Å². The van der Waals surface area contributed by atoms with E-state index in [2.05, 4.69) is 37.5 Å². The van der Waals surface area contributed by atoms with Crippen LogP contribution < -0.4 is 5.32 Å². The first kappa shape index (κ1) is 13.2. The van der Waals surface area contributed by atoms with E-state index in [1.165, 1.54) is 16.5 Å². The Morgan fingerprint density at radius 2 is 1.94 bits per heavy atom. The van der Waals surface area contributed by atoms with Crippen LogP contribution in [0, 0.1) is 12.7 Å². The van der Waals surface area contributed by atoms with Gasteiger partial charge in [0.1, 0.15) is 5.82 Å². The summed E-state index contributed by atoms with van der Waals surface area (Å²) in [4.78, 5) is 1.35. The molecule has 0 bridgehead atoms. The molecule has 0 aliphatic carbocycles. The predicted octanol–water partition coefficient (Wildman–Crippen LogP) is 4.61. The van der Waals surface area contributed by atoms with Crippen molar-refractivity contribution in [2.24, 2.45) is 0 Å². The number of aryl methyl sites for hydroxylation is 1. The van der Waals surface area contributed by atoms with Gasteiger partial charge in [-0.1, -0.05) is 12.1 Å². The third-order valence-electron chi connectivity index (χ3n) is 3.14. The van der Waals surface area contributed by atoms with E-state index in [4.69, 9.17) is 0 Å². The Hall–Kier alpha value is -1.19. The number of thiophene rings is 1. The van der Waals surface area contributed by atoms with Gasteiger partial charge in [0.05, 0.1) is 0 Å². The largest absolute Gasteiger partial charge is 0.303 e. The van der Waals surface area contributed by atoms with Crippen molar-refractivity contribution >= 4 is 11.3 Å². The molecule has 0 aliphatic heterocycles. The molecule has 0 saturated carbocycles. The van der Waals surface area contributed by atoms with E-state index in [-0.39, 0.29) is 17.9 Å². The second-order valence-electron chi connectivity index (χ2n) is 4.63. The van der Waals surface area contributed by atoms with Gasteiger partial charge >= 0.3 is 0 Å². The van der Waals surface area contributed by atoms with Gasteiger partial charge in [0.15, 0.2) is 0 Å². The molecule has 2 rings (SSSR count).